The van der Waals surface area contributed by atoms with Gasteiger partial charge in [-0.15, -0.1) is 0 Å². The fraction of sp³-hybridized carbons (Fsp3) is 0.733. The van der Waals surface area contributed by atoms with Gasteiger partial charge in [-0.1, -0.05) is 12.2 Å². The second-order valence-corrected chi connectivity index (χ2v) is 5.38. The average molecular weight is 265 g/mol. The first-order valence-corrected chi connectivity index (χ1v) is 7.18. The molecule has 106 valence electrons. The number of amides is 1. The van der Waals surface area contributed by atoms with Crippen molar-refractivity contribution in [3.63, 3.8) is 0 Å². The molecule has 0 unspecified atom stereocenters. The van der Waals surface area contributed by atoms with E-state index in [-0.39, 0.29) is 35.5 Å². The largest absolute Gasteiger partial charge is 0.469 e. The summed E-state index contributed by atoms with van der Waals surface area (Å²) in [5.74, 6) is -0.272. The molecule has 0 saturated heterocycles. The van der Waals surface area contributed by atoms with E-state index in [1.54, 1.807) is 0 Å². The summed E-state index contributed by atoms with van der Waals surface area (Å²) in [7, 11) is 1.41. The lowest BCUT2D eigenvalue weighted by atomic mass is 9.62. The van der Waals surface area contributed by atoms with Gasteiger partial charge in [-0.25, -0.2) is 0 Å². The maximum atomic E-state index is 12.7. The Morgan fingerprint density at radius 3 is 2.05 bits per heavy atom. The molecule has 0 radical (unpaired) electrons. The zero-order valence-electron chi connectivity index (χ0n) is 12.0. The van der Waals surface area contributed by atoms with E-state index in [1.807, 2.05) is 18.7 Å². The van der Waals surface area contributed by atoms with Crippen LogP contribution in [-0.2, 0) is 14.3 Å². The molecule has 0 aromatic rings. The molecule has 0 N–H and O–H groups in total. The molecule has 19 heavy (non-hydrogen) atoms. The van der Waals surface area contributed by atoms with Crippen molar-refractivity contribution in [1.82, 2.24) is 4.90 Å². The molecule has 3 aliphatic carbocycles. The fourth-order valence-electron chi connectivity index (χ4n) is 3.53. The highest BCUT2D eigenvalue weighted by molar-refractivity contribution is 5.87. The van der Waals surface area contributed by atoms with E-state index in [1.165, 1.54) is 7.11 Å². The molecule has 0 aromatic carbocycles. The molecule has 1 saturated carbocycles. The summed E-state index contributed by atoms with van der Waals surface area (Å²) < 4.78 is 4.93. The SMILES string of the molecule is CCN(CC)C(=O)[C@@H]1[C@H](C(=O)OC)[C@@H]2C=C[C@H]1CC2. The molecule has 0 spiro atoms. The number of carbonyl (C=O) groups excluding carboxylic acids is 2. The lowest BCUT2D eigenvalue weighted by Gasteiger charge is -2.44. The van der Waals surface area contributed by atoms with Crippen LogP contribution in [0.25, 0.3) is 0 Å². The molecular formula is C15H23NO3. The van der Waals surface area contributed by atoms with Crippen LogP contribution in [0.2, 0.25) is 0 Å². The molecule has 4 nitrogen and oxygen atoms in total. The molecule has 1 fully saturated rings. The maximum Gasteiger partial charge on any atom is 0.310 e. The molecule has 0 aromatic heterocycles. The molecule has 3 aliphatic rings. The van der Waals surface area contributed by atoms with E-state index in [4.69, 9.17) is 4.74 Å². The number of hydrogen-bond acceptors (Lipinski definition) is 3. The van der Waals surface area contributed by atoms with Gasteiger partial charge in [0.05, 0.1) is 18.9 Å². The van der Waals surface area contributed by atoms with Crippen molar-refractivity contribution in [2.24, 2.45) is 23.7 Å². The van der Waals surface area contributed by atoms with E-state index in [9.17, 15) is 9.59 Å². The molecule has 3 rings (SSSR count). The summed E-state index contributed by atoms with van der Waals surface area (Å²) in [6.07, 6.45) is 6.22. The van der Waals surface area contributed by atoms with Gasteiger partial charge in [-0.05, 0) is 38.5 Å². The third kappa shape index (κ3) is 2.40. The fourth-order valence-corrected chi connectivity index (χ4v) is 3.53. The molecular weight excluding hydrogens is 242 g/mol. The van der Waals surface area contributed by atoms with Crippen LogP contribution in [0.5, 0.6) is 0 Å². The van der Waals surface area contributed by atoms with Crippen molar-refractivity contribution < 1.29 is 14.3 Å². The Morgan fingerprint density at radius 2 is 1.63 bits per heavy atom. The standard InChI is InChI=1S/C15H23NO3/c1-4-16(5-2)14(17)12-10-6-8-11(9-7-10)13(12)15(18)19-3/h6,8,10-13H,4-5,7,9H2,1-3H3/t10-,11+,12-,13+/m0/s1. The average Bonchev–Trinajstić information content (AvgIpc) is 2.47. The number of methoxy groups -OCH3 is 1. The molecule has 4 atom stereocenters. The Labute approximate surface area is 114 Å². The van der Waals surface area contributed by atoms with Crippen LogP contribution >= 0.6 is 0 Å². The van der Waals surface area contributed by atoms with Crippen molar-refractivity contribution in [1.29, 1.82) is 0 Å². The predicted octanol–water partition coefficient (Wildman–Crippen LogP) is 1.86. The van der Waals surface area contributed by atoms with Crippen molar-refractivity contribution >= 4 is 11.9 Å². The van der Waals surface area contributed by atoms with Gasteiger partial charge in [0, 0.05) is 13.1 Å². The number of rotatable bonds is 4. The van der Waals surface area contributed by atoms with Crippen LogP contribution in [0, 0.1) is 23.7 Å². The predicted molar refractivity (Wildman–Crippen MR) is 72.3 cm³/mol. The van der Waals surface area contributed by atoms with Crippen LogP contribution in [0.3, 0.4) is 0 Å². The summed E-state index contributed by atoms with van der Waals surface area (Å²) >= 11 is 0. The van der Waals surface area contributed by atoms with E-state index in [2.05, 4.69) is 12.2 Å². The second-order valence-electron chi connectivity index (χ2n) is 5.38. The number of esters is 1. The summed E-state index contributed by atoms with van der Waals surface area (Å²) in [4.78, 5) is 26.5. The highest BCUT2D eigenvalue weighted by Crippen LogP contribution is 2.46. The van der Waals surface area contributed by atoms with Gasteiger partial charge in [-0.3, -0.25) is 9.59 Å². The number of carbonyl (C=O) groups is 2. The van der Waals surface area contributed by atoms with Crippen molar-refractivity contribution in [3.05, 3.63) is 12.2 Å². The minimum Gasteiger partial charge on any atom is -0.469 e. The molecule has 0 heterocycles. The van der Waals surface area contributed by atoms with Crippen LogP contribution in [0.4, 0.5) is 0 Å². The Morgan fingerprint density at radius 1 is 1.11 bits per heavy atom. The van der Waals surface area contributed by atoms with E-state index in [0.29, 0.717) is 13.1 Å². The first-order chi connectivity index (χ1) is 9.13. The first-order valence-electron chi connectivity index (χ1n) is 7.18. The van der Waals surface area contributed by atoms with Crippen LogP contribution in [0.1, 0.15) is 26.7 Å². The lowest BCUT2D eigenvalue weighted by molar-refractivity contribution is -0.159. The topological polar surface area (TPSA) is 46.6 Å². The Bertz CT molecular complexity index is 387. The second kappa shape index (κ2) is 5.76. The van der Waals surface area contributed by atoms with Crippen LogP contribution < -0.4 is 0 Å². The maximum absolute atomic E-state index is 12.7. The normalized spacial score (nSPS) is 32.2. The minimum absolute atomic E-state index is 0.111. The molecule has 4 heteroatoms. The van der Waals surface area contributed by atoms with E-state index in [0.717, 1.165) is 12.8 Å². The molecule has 2 bridgehead atoms. The first kappa shape index (κ1) is 14.1. The zero-order chi connectivity index (χ0) is 14.0. The number of ether oxygens (including phenoxy) is 1. The number of hydrogen-bond donors (Lipinski definition) is 0. The number of nitrogens with zero attached hydrogens (tertiary/aromatic N) is 1. The zero-order valence-corrected chi connectivity index (χ0v) is 12.0. The third-order valence-corrected chi connectivity index (χ3v) is 4.58. The third-order valence-electron chi connectivity index (χ3n) is 4.58. The van der Waals surface area contributed by atoms with Gasteiger partial charge in [-0.2, -0.15) is 0 Å². The van der Waals surface area contributed by atoms with Crippen molar-refractivity contribution in [2.45, 2.75) is 26.7 Å². The summed E-state index contributed by atoms with van der Waals surface area (Å²) in [6.45, 7) is 5.35. The van der Waals surface area contributed by atoms with Crippen molar-refractivity contribution in [3.8, 4) is 0 Å². The summed E-state index contributed by atoms with van der Waals surface area (Å²) in [5, 5.41) is 0. The highest BCUT2D eigenvalue weighted by atomic mass is 16.5. The lowest BCUT2D eigenvalue weighted by Crippen LogP contribution is -2.50. The van der Waals surface area contributed by atoms with Gasteiger partial charge < -0.3 is 9.64 Å². The van der Waals surface area contributed by atoms with Gasteiger partial charge in [0.25, 0.3) is 0 Å². The van der Waals surface area contributed by atoms with E-state index < -0.39 is 0 Å². The van der Waals surface area contributed by atoms with Gasteiger partial charge in [0.1, 0.15) is 0 Å². The van der Waals surface area contributed by atoms with Crippen molar-refractivity contribution in [2.75, 3.05) is 20.2 Å². The summed E-state index contributed by atoms with van der Waals surface area (Å²) in [5.41, 5.74) is 0. The highest BCUT2D eigenvalue weighted by Gasteiger charge is 2.49. The molecule has 1 amide bonds. The molecule has 0 aliphatic heterocycles. The Kier molecular flexibility index (Phi) is 4.27. The van der Waals surface area contributed by atoms with Gasteiger partial charge in [0.15, 0.2) is 0 Å². The van der Waals surface area contributed by atoms with Crippen LogP contribution in [-0.4, -0.2) is 37.0 Å². The number of fused-ring (bicyclic) bond motifs is 2. The van der Waals surface area contributed by atoms with Gasteiger partial charge in [0.2, 0.25) is 5.91 Å². The van der Waals surface area contributed by atoms with Gasteiger partial charge >= 0.3 is 5.97 Å². The Balaban J connectivity index is 2.27. The summed E-state index contributed by atoms with van der Waals surface area (Å²) in [6, 6.07) is 0. The van der Waals surface area contributed by atoms with E-state index >= 15 is 0 Å². The monoisotopic (exact) mass is 265 g/mol. The quantitative estimate of drug-likeness (QED) is 0.576. The number of allylic oxidation sites excluding steroid dienone is 2. The smallest absolute Gasteiger partial charge is 0.310 e. The minimum atomic E-state index is -0.290. The Hall–Kier alpha value is -1.32. The van der Waals surface area contributed by atoms with Crippen LogP contribution in [0.15, 0.2) is 12.2 Å².